The van der Waals surface area contributed by atoms with Crippen LogP contribution in [0.2, 0.25) is 0 Å². The molecule has 0 spiro atoms. The molecule has 0 unspecified atom stereocenters. The Balaban J connectivity index is 1.79. The van der Waals surface area contributed by atoms with Crippen LogP contribution in [0.5, 0.6) is 0 Å². The van der Waals surface area contributed by atoms with E-state index in [2.05, 4.69) is 6.92 Å². The zero-order valence-corrected chi connectivity index (χ0v) is 12.8. The van der Waals surface area contributed by atoms with Gasteiger partial charge < -0.3 is 4.74 Å². The number of fused-ring (bicyclic) bond motifs is 1. The summed E-state index contributed by atoms with van der Waals surface area (Å²) in [6.07, 6.45) is 2.66. The molecule has 0 atom stereocenters. The largest absolute Gasteiger partial charge is 0.374 e. The molecule has 1 aromatic carbocycles. The van der Waals surface area contributed by atoms with Crippen LogP contribution in [0.4, 0.5) is 0 Å². The van der Waals surface area contributed by atoms with E-state index in [4.69, 9.17) is 4.74 Å². The van der Waals surface area contributed by atoms with Crippen molar-refractivity contribution in [1.29, 1.82) is 0 Å². The van der Waals surface area contributed by atoms with Gasteiger partial charge in [-0.15, -0.1) is 0 Å². The van der Waals surface area contributed by atoms with Crippen LogP contribution in [0.25, 0.3) is 0 Å². The molecule has 20 heavy (non-hydrogen) atoms. The summed E-state index contributed by atoms with van der Waals surface area (Å²) < 4.78 is 32.9. The monoisotopic (exact) mass is 295 g/mol. The molecule has 0 amide bonds. The summed E-state index contributed by atoms with van der Waals surface area (Å²) in [6.45, 7) is 5.25. The van der Waals surface area contributed by atoms with Crippen molar-refractivity contribution in [3.8, 4) is 0 Å². The molecule has 0 aromatic heterocycles. The molecule has 4 rings (SSSR count). The number of sulfonamides is 1. The molecule has 2 saturated heterocycles. The Labute approximate surface area is 120 Å². The Morgan fingerprint density at radius 2 is 1.95 bits per heavy atom. The molecule has 4 nitrogen and oxygen atoms in total. The van der Waals surface area contributed by atoms with Crippen LogP contribution in [0.15, 0.2) is 29.2 Å². The van der Waals surface area contributed by atoms with E-state index in [-0.39, 0.29) is 11.6 Å². The van der Waals surface area contributed by atoms with E-state index >= 15 is 0 Å². The molecule has 1 aromatic rings. The summed E-state index contributed by atoms with van der Waals surface area (Å²) in [5.74, 6) is 0. The number of rotatable bonds is 5. The highest BCUT2D eigenvalue weighted by Gasteiger charge is 2.59. The molecule has 110 valence electrons. The minimum atomic E-state index is -3.37. The van der Waals surface area contributed by atoms with E-state index in [1.54, 1.807) is 16.4 Å². The first kappa shape index (κ1) is 14.0. The predicted octanol–water partition coefficient (Wildman–Crippen LogP) is 2.33. The molecule has 5 heteroatoms. The third-order valence-corrected chi connectivity index (χ3v) is 6.22. The maximum Gasteiger partial charge on any atom is 0.243 e. The summed E-state index contributed by atoms with van der Waals surface area (Å²) in [7, 11) is -3.37. The van der Waals surface area contributed by atoms with Crippen molar-refractivity contribution in [3.05, 3.63) is 29.8 Å². The number of benzene rings is 1. The number of nitrogens with zero attached hydrogens (tertiary/aromatic N) is 1. The van der Waals surface area contributed by atoms with Crippen molar-refractivity contribution in [2.24, 2.45) is 0 Å². The lowest BCUT2D eigenvalue weighted by atomic mass is 9.81. The van der Waals surface area contributed by atoms with Gasteiger partial charge in [0.05, 0.1) is 10.5 Å². The summed E-state index contributed by atoms with van der Waals surface area (Å²) in [5, 5.41) is 0. The normalized spacial score (nSPS) is 29.4. The summed E-state index contributed by atoms with van der Waals surface area (Å²) >= 11 is 0. The van der Waals surface area contributed by atoms with Gasteiger partial charge in [0.1, 0.15) is 0 Å². The van der Waals surface area contributed by atoms with Gasteiger partial charge in [-0.1, -0.05) is 24.6 Å². The average molecular weight is 295 g/mol. The highest BCUT2D eigenvalue weighted by atomic mass is 32.2. The summed E-state index contributed by atoms with van der Waals surface area (Å²) in [4.78, 5) is 0.390. The third-order valence-electron chi connectivity index (χ3n) is 4.31. The van der Waals surface area contributed by atoms with Crippen molar-refractivity contribution < 1.29 is 13.2 Å². The maximum atomic E-state index is 12.7. The van der Waals surface area contributed by atoms with E-state index in [1.807, 2.05) is 19.1 Å². The van der Waals surface area contributed by atoms with Gasteiger partial charge in [0.15, 0.2) is 0 Å². The molecule has 0 radical (unpaired) electrons. The van der Waals surface area contributed by atoms with Crippen molar-refractivity contribution in [2.75, 3.05) is 13.2 Å². The summed E-state index contributed by atoms with van der Waals surface area (Å²) in [6, 6.07) is 7.20. The van der Waals surface area contributed by atoms with E-state index in [0.717, 1.165) is 24.8 Å². The van der Waals surface area contributed by atoms with Gasteiger partial charge in [-0.3, -0.25) is 0 Å². The zero-order chi connectivity index (χ0) is 14.4. The van der Waals surface area contributed by atoms with Gasteiger partial charge in [0.25, 0.3) is 0 Å². The Morgan fingerprint density at radius 1 is 1.30 bits per heavy atom. The zero-order valence-electron chi connectivity index (χ0n) is 12.0. The Hall–Kier alpha value is -0.910. The van der Waals surface area contributed by atoms with Crippen molar-refractivity contribution in [1.82, 2.24) is 4.31 Å². The number of hydrogen-bond donors (Lipinski definition) is 0. The lowest BCUT2D eigenvalue weighted by Gasteiger charge is -2.36. The maximum absolute atomic E-state index is 12.7. The minimum absolute atomic E-state index is 0.123. The van der Waals surface area contributed by atoms with Crippen molar-refractivity contribution in [3.63, 3.8) is 0 Å². The minimum Gasteiger partial charge on any atom is -0.374 e. The Bertz CT molecular complexity index is 588. The van der Waals surface area contributed by atoms with E-state index in [9.17, 15) is 8.42 Å². The number of aryl methyl sites for hydroxylation is 1. The topological polar surface area (TPSA) is 46.6 Å². The van der Waals surface area contributed by atoms with Crippen LogP contribution >= 0.6 is 0 Å². The van der Waals surface area contributed by atoms with Gasteiger partial charge in [-0.25, -0.2) is 8.42 Å². The van der Waals surface area contributed by atoms with Gasteiger partial charge >= 0.3 is 0 Å². The SMILES string of the molecule is CCCOC12CC(C1)N(S(=O)(=O)c1ccc(C)cc1)C2. The lowest BCUT2D eigenvalue weighted by molar-refractivity contribution is -0.0677. The fourth-order valence-electron chi connectivity index (χ4n) is 3.15. The Morgan fingerprint density at radius 3 is 2.55 bits per heavy atom. The second-order valence-electron chi connectivity index (χ2n) is 5.96. The lowest BCUT2D eigenvalue weighted by Crippen LogP contribution is -2.43. The first-order chi connectivity index (χ1) is 9.47. The molecule has 0 N–H and O–H groups in total. The van der Waals surface area contributed by atoms with Crippen LogP contribution in [-0.2, 0) is 14.8 Å². The van der Waals surface area contributed by atoms with E-state index in [1.165, 1.54) is 0 Å². The molecular formula is C15H21NO3S. The fraction of sp³-hybridized carbons (Fsp3) is 0.600. The second kappa shape index (κ2) is 4.83. The first-order valence-electron chi connectivity index (χ1n) is 7.19. The quantitative estimate of drug-likeness (QED) is 0.837. The predicted molar refractivity (Wildman–Crippen MR) is 77.1 cm³/mol. The molecule has 3 aliphatic rings. The second-order valence-corrected chi connectivity index (χ2v) is 7.85. The van der Waals surface area contributed by atoms with Crippen LogP contribution in [0.3, 0.4) is 0 Å². The summed E-state index contributed by atoms with van der Waals surface area (Å²) in [5.41, 5.74) is 0.857. The molecule has 2 bridgehead atoms. The first-order valence-corrected chi connectivity index (χ1v) is 8.63. The number of ether oxygens (including phenoxy) is 1. The molecule has 3 fully saturated rings. The van der Waals surface area contributed by atoms with E-state index in [0.29, 0.717) is 18.0 Å². The highest BCUT2D eigenvalue weighted by molar-refractivity contribution is 7.89. The third kappa shape index (κ3) is 2.18. The van der Waals surface area contributed by atoms with Gasteiger partial charge in [-0.2, -0.15) is 4.31 Å². The van der Waals surface area contributed by atoms with Crippen molar-refractivity contribution in [2.45, 2.75) is 49.6 Å². The van der Waals surface area contributed by atoms with Crippen LogP contribution < -0.4 is 0 Å². The van der Waals surface area contributed by atoms with Crippen LogP contribution in [-0.4, -0.2) is 37.5 Å². The Kier molecular flexibility index (Phi) is 3.39. The van der Waals surface area contributed by atoms with Gasteiger partial charge in [0.2, 0.25) is 10.0 Å². The molecule has 1 aliphatic carbocycles. The van der Waals surface area contributed by atoms with Gasteiger partial charge in [0, 0.05) is 19.2 Å². The van der Waals surface area contributed by atoms with Crippen LogP contribution in [0, 0.1) is 6.92 Å². The van der Waals surface area contributed by atoms with Crippen molar-refractivity contribution >= 4 is 10.0 Å². The van der Waals surface area contributed by atoms with E-state index < -0.39 is 10.0 Å². The van der Waals surface area contributed by atoms with Crippen LogP contribution in [0.1, 0.15) is 31.7 Å². The number of hydrogen-bond acceptors (Lipinski definition) is 3. The smallest absolute Gasteiger partial charge is 0.243 e. The molecule has 2 aliphatic heterocycles. The molecular weight excluding hydrogens is 274 g/mol. The fourth-order valence-corrected chi connectivity index (χ4v) is 4.85. The molecule has 1 saturated carbocycles. The highest BCUT2D eigenvalue weighted by Crippen LogP contribution is 2.49. The van der Waals surface area contributed by atoms with Gasteiger partial charge in [-0.05, 0) is 38.3 Å². The average Bonchev–Trinajstić information content (AvgIpc) is 2.93. The molecule has 2 heterocycles. The standard InChI is InChI=1S/C15H21NO3S/c1-3-8-19-15-9-13(10-15)16(11-15)20(17,18)14-6-4-12(2)5-7-14/h4-7,13H,3,8-11H2,1-2H3.